The van der Waals surface area contributed by atoms with E-state index in [9.17, 15) is 13.6 Å². The van der Waals surface area contributed by atoms with Crippen molar-refractivity contribution in [2.75, 3.05) is 0 Å². The Balaban J connectivity index is 1.61. The molecule has 1 aromatic carbocycles. The van der Waals surface area contributed by atoms with Crippen LogP contribution in [0.15, 0.2) is 24.3 Å². The van der Waals surface area contributed by atoms with Gasteiger partial charge in [-0.15, -0.1) is 0 Å². The number of ether oxygens (including phenoxy) is 1. The Bertz CT molecular complexity index is 597. The minimum atomic E-state index is -2.86. The molecular formula is C19H26F2N2O2. The van der Waals surface area contributed by atoms with Gasteiger partial charge in [-0.25, -0.2) is 0 Å². The van der Waals surface area contributed by atoms with Crippen molar-refractivity contribution in [3.05, 3.63) is 29.8 Å². The van der Waals surface area contributed by atoms with Crippen LogP contribution in [0, 0.1) is 17.8 Å². The van der Waals surface area contributed by atoms with Gasteiger partial charge in [0.25, 0.3) is 0 Å². The Morgan fingerprint density at radius 1 is 1.28 bits per heavy atom. The van der Waals surface area contributed by atoms with Crippen LogP contribution in [0.5, 0.6) is 5.75 Å². The van der Waals surface area contributed by atoms with Crippen LogP contribution in [0.4, 0.5) is 8.78 Å². The number of benzene rings is 1. The van der Waals surface area contributed by atoms with Gasteiger partial charge in [-0.1, -0.05) is 18.6 Å². The predicted octanol–water partition coefficient (Wildman–Crippen LogP) is 3.62. The zero-order chi connectivity index (χ0) is 18.0. The number of fused-ring (bicyclic) bond motifs is 2. The van der Waals surface area contributed by atoms with E-state index in [0.717, 1.165) is 31.2 Å². The first kappa shape index (κ1) is 18.1. The minimum absolute atomic E-state index is 0.00181. The Morgan fingerprint density at radius 3 is 2.60 bits per heavy atom. The molecule has 2 fully saturated rings. The molecule has 138 valence electrons. The largest absolute Gasteiger partial charge is 0.435 e. The Labute approximate surface area is 147 Å². The van der Waals surface area contributed by atoms with Gasteiger partial charge in [0, 0.05) is 12.0 Å². The molecule has 2 bridgehead atoms. The summed E-state index contributed by atoms with van der Waals surface area (Å²) in [6.45, 7) is -1.000. The lowest BCUT2D eigenvalue weighted by Crippen LogP contribution is -2.49. The van der Waals surface area contributed by atoms with E-state index in [4.69, 9.17) is 5.73 Å². The van der Waals surface area contributed by atoms with Crippen LogP contribution >= 0.6 is 0 Å². The summed E-state index contributed by atoms with van der Waals surface area (Å²) in [5.41, 5.74) is 7.04. The molecule has 4 nitrogen and oxygen atoms in total. The van der Waals surface area contributed by atoms with Crippen molar-refractivity contribution < 1.29 is 18.3 Å². The number of halogens is 2. The van der Waals surface area contributed by atoms with Crippen molar-refractivity contribution in [2.24, 2.45) is 23.5 Å². The fourth-order valence-corrected chi connectivity index (χ4v) is 4.38. The molecule has 3 rings (SSSR count). The van der Waals surface area contributed by atoms with Crippen LogP contribution in [0.3, 0.4) is 0 Å². The van der Waals surface area contributed by atoms with E-state index in [1.165, 1.54) is 12.5 Å². The van der Waals surface area contributed by atoms with E-state index >= 15 is 0 Å². The molecule has 3 unspecified atom stereocenters. The molecular weight excluding hydrogens is 326 g/mol. The number of carbonyl (C=O) groups excluding carboxylic acids is 1. The van der Waals surface area contributed by atoms with Gasteiger partial charge in [-0.2, -0.15) is 8.78 Å². The highest BCUT2D eigenvalue weighted by atomic mass is 19.3. The van der Waals surface area contributed by atoms with Gasteiger partial charge in [0.05, 0.1) is 6.04 Å². The number of alkyl halides is 2. The first-order chi connectivity index (χ1) is 11.9. The highest BCUT2D eigenvalue weighted by Gasteiger charge is 2.40. The monoisotopic (exact) mass is 352 g/mol. The van der Waals surface area contributed by atoms with E-state index < -0.39 is 6.61 Å². The summed E-state index contributed by atoms with van der Waals surface area (Å²) in [5, 5.41) is 3.03. The molecule has 2 saturated carbocycles. The van der Waals surface area contributed by atoms with Gasteiger partial charge in [-0.3, -0.25) is 4.79 Å². The van der Waals surface area contributed by atoms with Crippen LogP contribution in [-0.2, 0) is 4.79 Å². The molecule has 0 aromatic heterocycles. The molecule has 6 heteroatoms. The summed E-state index contributed by atoms with van der Waals surface area (Å²) in [6, 6.07) is 6.45. The zero-order valence-electron chi connectivity index (χ0n) is 14.5. The van der Waals surface area contributed by atoms with Crippen LogP contribution in [-0.4, -0.2) is 18.6 Å². The number of amides is 1. The summed E-state index contributed by atoms with van der Waals surface area (Å²) in [4.78, 5) is 12.7. The molecule has 1 amide bonds. The Kier molecular flexibility index (Phi) is 5.57. The van der Waals surface area contributed by atoms with Gasteiger partial charge >= 0.3 is 6.61 Å². The molecule has 0 aliphatic heterocycles. The number of carbonyl (C=O) groups is 1. The van der Waals surface area contributed by atoms with E-state index in [2.05, 4.69) is 10.1 Å². The smallest absolute Gasteiger partial charge is 0.387 e. The van der Waals surface area contributed by atoms with Crippen molar-refractivity contribution in [3.8, 4) is 5.75 Å². The van der Waals surface area contributed by atoms with Crippen molar-refractivity contribution in [1.82, 2.24) is 5.32 Å². The molecule has 0 saturated heterocycles. The molecule has 0 spiro atoms. The van der Waals surface area contributed by atoms with Gasteiger partial charge in [0.1, 0.15) is 5.75 Å². The minimum Gasteiger partial charge on any atom is -0.435 e. The highest BCUT2D eigenvalue weighted by molar-refractivity contribution is 5.79. The Morgan fingerprint density at radius 2 is 1.96 bits per heavy atom. The highest BCUT2D eigenvalue weighted by Crippen LogP contribution is 2.42. The van der Waals surface area contributed by atoms with Crippen molar-refractivity contribution in [2.45, 2.75) is 57.7 Å². The first-order valence-electron chi connectivity index (χ1n) is 9.04. The zero-order valence-corrected chi connectivity index (χ0v) is 14.5. The normalized spacial score (nSPS) is 30.0. The van der Waals surface area contributed by atoms with Crippen molar-refractivity contribution in [3.63, 3.8) is 0 Å². The van der Waals surface area contributed by atoms with Crippen LogP contribution in [0.25, 0.3) is 0 Å². The van der Waals surface area contributed by atoms with Gasteiger partial charge in [-0.05, 0) is 62.1 Å². The predicted molar refractivity (Wildman–Crippen MR) is 91.2 cm³/mol. The third-order valence-corrected chi connectivity index (χ3v) is 5.73. The van der Waals surface area contributed by atoms with E-state index in [0.29, 0.717) is 11.8 Å². The summed E-state index contributed by atoms with van der Waals surface area (Å²) in [7, 11) is 0. The topological polar surface area (TPSA) is 64.4 Å². The lowest BCUT2D eigenvalue weighted by atomic mass is 9.65. The number of hydrogen-bond acceptors (Lipinski definition) is 3. The number of rotatable bonds is 5. The summed E-state index contributed by atoms with van der Waals surface area (Å²) in [5.74, 6) is 1.03. The summed E-state index contributed by atoms with van der Waals surface area (Å²) < 4.78 is 29.1. The first-order valence-corrected chi connectivity index (χ1v) is 9.04. The second-order valence-electron chi connectivity index (χ2n) is 7.38. The maximum atomic E-state index is 12.7. The molecule has 1 aromatic rings. The third-order valence-electron chi connectivity index (χ3n) is 5.73. The quantitative estimate of drug-likeness (QED) is 0.851. The standard InChI is InChI=1S/C19H26F2N2O2/c1-11(12-4-3-7-16(10-12)25-19(20)21)23-18(24)15-8-13-5-2-6-14(9-15)17(13)22/h3-4,7,10-11,13-15,17,19H,2,5-6,8-9,22H2,1H3,(H,23,24). The summed E-state index contributed by atoms with van der Waals surface area (Å²) in [6.07, 6.45) is 5.15. The van der Waals surface area contributed by atoms with E-state index in [-0.39, 0.29) is 29.7 Å². The molecule has 0 radical (unpaired) electrons. The van der Waals surface area contributed by atoms with E-state index in [1.807, 2.05) is 6.92 Å². The number of nitrogens with one attached hydrogen (secondary N) is 1. The molecule has 25 heavy (non-hydrogen) atoms. The van der Waals surface area contributed by atoms with E-state index in [1.54, 1.807) is 18.2 Å². The van der Waals surface area contributed by atoms with Crippen LogP contribution in [0.1, 0.15) is 50.6 Å². The van der Waals surface area contributed by atoms with Crippen LogP contribution in [0.2, 0.25) is 0 Å². The maximum Gasteiger partial charge on any atom is 0.387 e. The fourth-order valence-electron chi connectivity index (χ4n) is 4.38. The second-order valence-corrected chi connectivity index (χ2v) is 7.38. The lowest BCUT2D eigenvalue weighted by Gasteiger charge is -2.43. The molecule has 0 heterocycles. The molecule has 2 aliphatic carbocycles. The number of nitrogens with two attached hydrogens (primary N) is 1. The molecule has 2 aliphatic rings. The average Bonchev–Trinajstić information content (AvgIpc) is 2.54. The van der Waals surface area contributed by atoms with Gasteiger partial charge in [0.2, 0.25) is 5.91 Å². The van der Waals surface area contributed by atoms with Crippen molar-refractivity contribution in [1.29, 1.82) is 0 Å². The summed E-state index contributed by atoms with van der Waals surface area (Å²) >= 11 is 0. The van der Waals surface area contributed by atoms with Crippen LogP contribution < -0.4 is 15.8 Å². The Hall–Kier alpha value is -1.69. The fraction of sp³-hybridized carbons (Fsp3) is 0.632. The van der Waals surface area contributed by atoms with Gasteiger partial charge in [0.15, 0.2) is 0 Å². The van der Waals surface area contributed by atoms with Gasteiger partial charge < -0.3 is 15.8 Å². The number of hydrogen-bond donors (Lipinski definition) is 2. The molecule has 3 atom stereocenters. The lowest BCUT2D eigenvalue weighted by molar-refractivity contribution is -0.128. The third kappa shape index (κ3) is 4.29. The average molecular weight is 352 g/mol. The molecule has 3 N–H and O–H groups in total. The van der Waals surface area contributed by atoms with Crippen molar-refractivity contribution >= 4 is 5.91 Å². The maximum absolute atomic E-state index is 12.7. The SMILES string of the molecule is CC(NC(=O)C1CC2CCCC(C1)C2N)c1cccc(OC(F)F)c1. The second kappa shape index (κ2) is 7.68.